The number of fused-ring (bicyclic) bond motifs is 1. The lowest BCUT2D eigenvalue weighted by atomic mass is 9.96. The Hall–Kier alpha value is -2.42. The molecule has 1 aromatic carbocycles. The van der Waals surface area contributed by atoms with Gasteiger partial charge in [0.15, 0.2) is 0 Å². The maximum absolute atomic E-state index is 12.2. The van der Waals surface area contributed by atoms with Gasteiger partial charge in [0.2, 0.25) is 18.0 Å². The molecule has 2 unspecified atom stereocenters. The van der Waals surface area contributed by atoms with E-state index in [-0.39, 0.29) is 6.54 Å². The smallest absolute Gasteiger partial charge is 0.347 e. The number of rotatable bonds is 3. The van der Waals surface area contributed by atoms with Crippen LogP contribution in [0, 0.1) is 0 Å². The summed E-state index contributed by atoms with van der Waals surface area (Å²) in [4.78, 5) is 49.7. The molecule has 0 radical (unpaired) electrons. The van der Waals surface area contributed by atoms with Crippen molar-refractivity contribution >= 4 is 39.6 Å². The first-order valence-corrected chi connectivity index (χ1v) is 7.99. The quantitative estimate of drug-likeness (QED) is 0.702. The molecule has 2 fully saturated rings. The maximum atomic E-state index is 12.2. The number of halogens is 1. The second kappa shape index (κ2) is 5.90. The number of β-lactam (4-membered cyclic amide) rings is 1. The first-order chi connectivity index (χ1) is 11.3. The lowest BCUT2D eigenvalue weighted by Crippen LogP contribution is -2.71. The molecule has 1 aromatic rings. The van der Waals surface area contributed by atoms with Gasteiger partial charge in [0, 0.05) is 23.5 Å². The van der Waals surface area contributed by atoms with Crippen LogP contribution in [0.25, 0.3) is 0 Å². The van der Waals surface area contributed by atoms with Gasteiger partial charge >= 0.3 is 5.97 Å². The number of aliphatic carboxylic acids is 1. The number of carboxylic acids is 1. The van der Waals surface area contributed by atoms with Gasteiger partial charge in [-0.2, -0.15) is 0 Å². The van der Waals surface area contributed by atoms with Crippen LogP contribution in [0.4, 0.5) is 0 Å². The van der Waals surface area contributed by atoms with E-state index in [1.807, 2.05) is 0 Å². The van der Waals surface area contributed by atoms with Crippen molar-refractivity contribution in [2.45, 2.75) is 25.2 Å². The zero-order valence-corrected chi connectivity index (χ0v) is 14.2. The van der Waals surface area contributed by atoms with Crippen LogP contribution in [0.3, 0.4) is 0 Å². The second-order valence-corrected chi connectivity index (χ2v) is 6.57. The fraction of sp³-hybridized carbons (Fsp3) is 0.333. The molecular weight excluding hydrogens is 382 g/mol. The van der Waals surface area contributed by atoms with E-state index in [0.717, 1.165) is 14.3 Å². The van der Waals surface area contributed by atoms with Crippen LogP contribution >= 0.6 is 15.9 Å². The SMILES string of the molecule is CC(=O)N1CC2[C@H](NC(=O)c3ccc(Br)cc3)C(=O)N2C1C(=O)O. The van der Waals surface area contributed by atoms with Crippen molar-refractivity contribution in [3.05, 3.63) is 34.3 Å². The normalized spacial score (nSPS) is 25.1. The Bertz CT molecular complexity index is 735. The van der Waals surface area contributed by atoms with Gasteiger partial charge in [0.25, 0.3) is 5.91 Å². The standard InChI is InChI=1S/C15H14BrN3O5/c1-7(20)18-6-10-11(14(22)19(10)13(18)15(23)24)17-12(21)8-2-4-9(16)5-3-8/h2-5,10-11,13H,6H2,1H3,(H,17,21)(H,23,24)/t10?,11-,13?/m0/s1. The molecule has 2 saturated heterocycles. The van der Waals surface area contributed by atoms with Crippen LogP contribution in [0.5, 0.6) is 0 Å². The number of hydrogen-bond acceptors (Lipinski definition) is 4. The van der Waals surface area contributed by atoms with E-state index in [9.17, 15) is 24.3 Å². The molecule has 3 amide bonds. The van der Waals surface area contributed by atoms with Gasteiger partial charge in [-0.25, -0.2) is 4.79 Å². The number of amides is 3. The van der Waals surface area contributed by atoms with Crippen molar-refractivity contribution in [1.29, 1.82) is 0 Å². The van der Waals surface area contributed by atoms with E-state index in [1.165, 1.54) is 6.92 Å². The van der Waals surface area contributed by atoms with Crippen molar-refractivity contribution in [2.75, 3.05) is 6.54 Å². The molecule has 3 atom stereocenters. The summed E-state index contributed by atoms with van der Waals surface area (Å²) < 4.78 is 0.821. The van der Waals surface area contributed by atoms with Gasteiger partial charge in [0.1, 0.15) is 6.04 Å². The fourth-order valence-electron chi connectivity index (χ4n) is 3.05. The number of carbonyl (C=O) groups excluding carboxylic acids is 3. The monoisotopic (exact) mass is 395 g/mol. The van der Waals surface area contributed by atoms with Crippen LogP contribution in [-0.4, -0.2) is 63.4 Å². The topological polar surface area (TPSA) is 107 Å². The van der Waals surface area contributed by atoms with E-state index in [1.54, 1.807) is 24.3 Å². The van der Waals surface area contributed by atoms with Gasteiger partial charge in [-0.05, 0) is 24.3 Å². The first kappa shape index (κ1) is 16.4. The Morgan fingerprint density at radius 1 is 1.25 bits per heavy atom. The predicted octanol–water partition coefficient (Wildman–Crippen LogP) is 0.0311. The van der Waals surface area contributed by atoms with E-state index < -0.39 is 41.9 Å². The van der Waals surface area contributed by atoms with Crippen molar-refractivity contribution in [1.82, 2.24) is 15.1 Å². The fourth-order valence-corrected chi connectivity index (χ4v) is 3.32. The van der Waals surface area contributed by atoms with Crippen LogP contribution in [0.1, 0.15) is 17.3 Å². The van der Waals surface area contributed by atoms with E-state index in [2.05, 4.69) is 21.2 Å². The average Bonchev–Trinajstić information content (AvgIpc) is 2.89. The number of nitrogens with one attached hydrogen (secondary N) is 1. The van der Waals surface area contributed by atoms with Crippen molar-refractivity contribution in [3.8, 4) is 0 Å². The summed E-state index contributed by atoms with van der Waals surface area (Å²) in [5, 5.41) is 11.9. The molecule has 3 rings (SSSR count). The molecule has 8 nitrogen and oxygen atoms in total. The highest BCUT2D eigenvalue weighted by molar-refractivity contribution is 9.10. The molecule has 2 aliphatic rings. The summed E-state index contributed by atoms with van der Waals surface area (Å²) in [5.74, 6) is -2.61. The predicted molar refractivity (Wildman–Crippen MR) is 84.8 cm³/mol. The number of hydrogen-bond donors (Lipinski definition) is 2. The van der Waals surface area contributed by atoms with E-state index >= 15 is 0 Å². The number of nitrogens with zero attached hydrogens (tertiary/aromatic N) is 2. The summed E-state index contributed by atoms with van der Waals surface area (Å²) in [6, 6.07) is 5.27. The van der Waals surface area contributed by atoms with E-state index in [0.29, 0.717) is 5.56 Å². The Labute approximate surface area is 145 Å². The van der Waals surface area contributed by atoms with Crippen LogP contribution in [0.15, 0.2) is 28.7 Å². The van der Waals surface area contributed by atoms with Gasteiger partial charge in [0.05, 0.1) is 6.04 Å². The summed E-state index contributed by atoms with van der Waals surface area (Å²) >= 11 is 3.27. The average molecular weight is 396 g/mol. The van der Waals surface area contributed by atoms with Crippen molar-refractivity contribution in [2.24, 2.45) is 0 Å². The van der Waals surface area contributed by atoms with Gasteiger partial charge < -0.3 is 20.2 Å². The zero-order valence-electron chi connectivity index (χ0n) is 12.6. The molecule has 0 aliphatic carbocycles. The summed E-state index contributed by atoms with van der Waals surface area (Å²) in [6.45, 7) is 1.34. The minimum atomic E-state index is -1.30. The summed E-state index contributed by atoms with van der Waals surface area (Å²) in [7, 11) is 0. The summed E-state index contributed by atoms with van der Waals surface area (Å²) in [5.41, 5.74) is 0.389. The zero-order chi connectivity index (χ0) is 17.6. The minimum absolute atomic E-state index is 0.0866. The van der Waals surface area contributed by atoms with Crippen LogP contribution < -0.4 is 5.32 Å². The molecule has 2 aliphatic heterocycles. The Morgan fingerprint density at radius 2 is 1.88 bits per heavy atom. The van der Waals surface area contributed by atoms with Crippen molar-refractivity contribution in [3.63, 3.8) is 0 Å². The summed E-state index contributed by atoms with van der Waals surface area (Å²) in [6.07, 6.45) is -1.30. The van der Waals surface area contributed by atoms with Gasteiger partial charge in [-0.15, -0.1) is 0 Å². The highest BCUT2D eigenvalue weighted by atomic mass is 79.9. The molecule has 2 heterocycles. The molecule has 0 bridgehead atoms. The Kier molecular flexibility index (Phi) is 4.04. The molecular formula is C15H14BrN3O5. The number of benzene rings is 1. The highest BCUT2D eigenvalue weighted by Gasteiger charge is 2.60. The molecule has 0 aromatic heterocycles. The minimum Gasteiger partial charge on any atom is -0.478 e. The maximum Gasteiger partial charge on any atom is 0.347 e. The van der Waals surface area contributed by atoms with Crippen LogP contribution in [0.2, 0.25) is 0 Å². The highest BCUT2D eigenvalue weighted by Crippen LogP contribution is 2.32. The third-order valence-corrected chi connectivity index (χ3v) is 4.75. The first-order valence-electron chi connectivity index (χ1n) is 7.20. The third kappa shape index (κ3) is 2.54. The number of carbonyl (C=O) groups is 4. The molecule has 2 N–H and O–H groups in total. The second-order valence-electron chi connectivity index (χ2n) is 5.65. The lowest BCUT2D eigenvalue weighted by Gasteiger charge is -2.43. The van der Waals surface area contributed by atoms with Crippen LogP contribution in [-0.2, 0) is 14.4 Å². The number of carboxylic acid groups (broad SMARTS) is 1. The molecule has 0 spiro atoms. The van der Waals surface area contributed by atoms with Gasteiger partial charge in [-0.3, -0.25) is 14.4 Å². The Balaban J connectivity index is 1.75. The molecule has 24 heavy (non-hydrogen) atoms. The largest absolute Gasteiger partial charge is 0.478 e. The Morgan fingerprint density at radius 3 is 2.42 bits per heavy atom. The van der Waals surface area contributed by atoms with Gasteiger partial charge in [-0.1, -0.05) is 15.9 Å². The lowest BCUT2D eigenvalue weighted by molar-refractivity contribution is -0.164. The van der Waals surface area contributed by atoms with E-state index in [4.69, 9.17) is 0 Å². The molecule has 9 heteroatoms. The third-order valence-electron chi connectivity index (χ3n) is 4.22. The molecule has 126 valence electrons. The van der Waals surface area contributed by atoms with Crippen molar-refractivity contribution < 1.29 is 24.3 Å². The molecule has 0 saturated carbocycles.